The highest BCUT2D eigenvalue weighted by Gasteiger charge is 2.17. The van der Waals surface area contributed by atoms with E-state index >= 15 is 0 Å². The molecule has 4 aromatic rings. The lowest BCUT2D eigenvalue weighted by Gasteiger charge is -2.18. The average molecular weight is 442 g/mol. The predicted octanol–water partition coefficient (Wildman–Crippen LogP) is 5.06. The van der Waals surface area contributed by atoms with E-state index in [1.165, 1.54) is 6.26 Å². The fraction of sp³-hybridized carbons (Fsp3) is 0.185. The van der Waals surface area contributed by atoms with Crippen LogP contribution in [0.2, 0.25) is 0 Å². The SMILES string of the molecule is CCc1cc2c(=O)c(-c3ccc4c(c3)OCCO4)coc2cc1OCC(=O)c1ccccc1. The molecule has 166 valence electrons. The van der Waals surface area contributed by atoms with E-state index in [2.05, 4.69) is 0 Å². The summed E-state index contributed by atoms with van der Waals surface area (Å²) in [5.41, 5.74) is 2.81. The normalized spacial score (nSPS) is 12.5. The minimum absolute atomic E-state index is 0.0952. The van der Waals surface area contributed by atoms with Crippen LogP contribution in [0.25, 0.3) is 22.1 Å². The van der Waals surface area contributed by atoms with Gasteiger partial charge in [-0.25, -0.2) is 0 Å². The summed E-state index contributed by atoms with van der Waals surface area (Å²) in [7, 11) is 0. The van der Waals surface area contributed by atoms with E-state index in [4.69, 9.17) is 18.6 Å². The van der Waals surface area contributed by atoms with Crippen LogP contribution < -0.4 is 19.6 Å². The Morgan fingerprint density at radius 2 is 1.76 bits per heavy atom. The third-order valence-corrected chi connectivity index (χ3v) is 5.64. The largest absolute Gasteiger partial charge is 0.486 e. The number of rotatable bonds is 6. The third-order valence-electron chi connectivity index (χ3n) is 5.64. The van der Waals surface area contributed by atoms with Crippen LogP contribution in [0.3, 0.4) is 0 Å². The maximum absolute atomic E-state index is 13.3. The molecule has 0 N–H and O–H groups in total. The number of hydrogen-bond donors (Lipinski definition) is 0. The summed E-state index contributed by atoms with van der Waals surface area (Å²) in [6.45, 7) is 2.85. The summed E-state index contributed by atoms with van der Waals surface area (Å²) in [6.07, 6.45) is 2.08. The Bertz CT molecular complexity index is 1390. The van der Waals surface area contributed by atoms with E-state index in [1.54, 1.807) is 36.4 Å². The molecule has 0 unspecified atom stereocenters. The second-order valence-corrected chi connectivity index (χ2v) is 7.72. The minimum atomic E-state index is -0.144. The summed E-state index contributed by atoms with van der Waals surface area (Å²) in [6, 6.07) is 17.9. The topological polar surface area (TPSA) is 75.0 Å². The average Bonchev–Trinajstić information content (AvgIpc) is 2.87. The molecule has 2 heterocycles. The van der Waals surface area contributed by atoms with Gasteiger partial charge in [0.25, 0.3) is 0 Å². The number of Topliss-reactive ketones (excluding diaryl/α,β-unsaturated/α-hetero) is 1. The summed E-state index contributed by atoms with van der Waals surface area (Å²) >= 11 is 0. The Labute approximate surface area is 190 Å². The highest BCUT2D eigenvalue weighted by atomic mass is 16.6. The van der Waals surface area contributed by atoms with Crippen LogP contribution in [0.4, 0.5) is 0 Å². The second-order valence-electron chi connectivity index (χ2n) is 7.72. The van der Waals surface area contributed by atoms with Crippen molar-refractivity contribution in [3.05, 3.63) is 88.3 Å². The lowest BCUT2D eigenvalue weighted by atomic mass is 10.0. The van der Waals surface area contributed by atoms with E-state index in [1.807, 2.05) is 31.2 Å². The number of ketones is 1. The quantitative estimate of drug-likeness (QED) is 0.389. The van der Waals surface area contributed by atoms with Gasteiger partial charge in [0.2, 0.25) is 5.43 Å². The molecule has 33 heavy (non-hydrogen) atoms. The first-order valence-electron chi connectivity index (χ1n) is 10.8. The maximum Gasteiger partial charge on any atom is 0.200 e. The Hall–Kier alpha value is -4.06. The van der Waals surface area contributed by atoms with Gasteiger partial charge < -0.3 is 18.6 Å². The van der Waals surface area contributed by atoms with Crippen LogP contribution in [0.5, 0.6) is 17.2 Å². The van der Waals surface area contributed by atoms with Gasteiger partial charge in [0, 0.05) is 11.6 Å². The van der Waals surface area contributed by atoms with Gasteiger partial charge in [-0.15, -0.1) is 0 Å². The zero-order valence-electron chi connectivity index (χ0n) is 18.1. The van der Waals surface area contributed by atoms with E-state index in [9.17, 15) is 9.59 Å². The lowest BCUT2D eigenvalue weighted by molar-refractivity contribution is 0.0921. The Morgan fingerprint density at radius 1 is 0.970 bits per heavy atom. The first-order chi connectivity index (χ1) is 16.1. The Morgan fingerprint density at radius 3 is 2.55 bits per heavy atom. The number of aryl methyl sites for hydroxylation is 1. The highest BCUT2D eigenvalue weighted by molar-refractivity contribution is 5.97. The van der Waals surface area contributed by atoms with Gasteiger partial charge in [-0.05, 0) is 35.7 Å². The van der Waals surface area contributed by atoms with Crippen LogP contribution >= 0.6 is 0 Å². The molecule has 0 fully saturated rings. The number of carbonyl (C=O) groups is 1. The molecule has 1 aliphatic heterocycles. The second kappa shape index (κ2) is 8.82. The maximum atomic E-state index is 13.3. The van der Waals surface area contributed by atoms with Crippen molar-refractivity contribution in [1.29, 1.82) is 0 Å². The number of fused-ring (bicyclic) bond motifs is 2. The summed E-state index contributed by atoms with van der Waals surface area (Å²) in [5, 5.41) is 0.459. The molecular formula is C27H22O6. The molecule has 0 saturated carbocycles. The first kappa shape index (κ1) is 20.8. The van der Waals surface area contributed by atoms with E-state index < -0.39 is 0 Å². The van der Waals surface area contributed by atoms with Crippen LogP contribution in [0, 0.1) is 0 Å². The van der Waals surface area contributed by atoms with Gasteiger partial charge in [-0.2, -0.15) is 0 Å². The van der Waals surface area contributed by atoms with E-state index in [0.717, 1.165) is 5.56 Å². The summed E-state index contributed by atoms with van der Waals surface area (Å²) in [4.78, 5) is 25.7. The van der Waals surface area contributed by atoms with Gasteiger partial charge >= 0.3 is 0 Å². The molecule has 0 spiro atoms. The number of hydrogen-bond acceptors (Lipinski definition) is 6. The first-order valence-corrected chi connectivity index (χ1v) is 10.8. The predicted molar refractivity (Wildman–Crippen MR) is 125 cm³/mol. The molecule has 0 saturated heterocycles. The molecule has 0 bridgehead atoms. The lowest BCUT2D eigenvalue weighted by Crippen LogP contribution is -2.15. The number of carbonyl (C=O) groups excluding carboxylic acids is 1. The van der Waals surface area contributed by atoms with Crippen molar-refractivity contribution in [2.24, 2.45) is 0 Å². The molecule has 0 atom stereocenters. The van der Waals surface area contributed by atoms with Crippen LogP contribution in [0.1, 0.15) is 22.8 Å². The molecular weight excluding hydrogens is 420 g/mol. The monoisotopic (exact) mass is 442 g/mol. The van der Waals surface area contributed by atoms with Crippen molar-refractivity contribution in [1.82, 2.24) is 0 Å². The molecule has 6 nitrogen and oxygen atoms in total. The van der Waals surface area contributed by atoms with Crippen molar-refractivity contribution in [3.63, 3.8) is 0 Å². The number of benzene rings is 3. The summed E-state index contributed by atoms with van der Waals surface area (Å²) < 4.78 is 22.8. The van der Waals surface area contributed by atoms with Crippen molar-refractivity contribution in [2.75, 3.05) is 19.8 Å². The Kier molecular flexibility index (Phi) is 5.57. The van der Waals surface area contributed by atoms with Crippen molar-refractivity contribution in [2.45, 2.75) is 13.3 Å². The molecule has 0 radical (unpaired) electrons. The van der Waals surface area contributed by atoms with Gasteiger partial charge in [0.1, 0.15) is 30.8 Å². The van der Waals surface area contributed by atoms with Crippen LogP contribution in [0.15, 0.2) is 76.1 Å². The van der Waals surface area contributed by atoms with Crippen LogP contribution in [-0.2, 0) is 6.42 Å². The van der Waals surface area contributed by atoms with E-state index in [-0.39, 0.29) is 17.8 Å². The molecule has 6 heteroatoms. The molecule has 1 aliphatic rings. The molecule has 1 aromatic heterocycles. The van der Waals surface area contributed by atoms with Crippen molar-refractivity contribution in [3.8, 4) is 28.4 Å². The molecule has 0 aliphatic carbocycles. The smallest absolute Gasteiger partial charge is 0.200 e. The van der Waals surface area contributed by atoms with Crippen molar-refractivity contribution >= 4 is 16.8 Å². The zero-order valence-corrected chi connectivity index (χ0v) is 18.1. The number of ether oxygens (including phenoxy) is 3. The van der Waals surface area contributed by atoms with Gasteiger partial charge in [0.05, 0.1) is 10.9 Å². The van der Waals surface area contributed by atoms with E-state index in [0.29, 0.717) is 64.5 Å². The summed E-state index contributed by atoms with van der Waals surface area (Å²) in [5.74, 6) is 1.69. The highest BCUT2D eigenvalue weighted by Crippen LogP contribution is 2.34. The Balaban J connectivity index is 1.47. The van der Waals surface area contributed by atoms with Gasteiger partial charge in [-0.3, -0.25) is 9.59 Å². The fourth-order valence-electron chi connectivity index (χ4n) is 3.87. The fourth-order valence-corrected chi connectivity index (χ4v) is 3.87. The molecule has 3 aromatic carbocycles. The van der Waals surface area contributed by atoms with Gasteiger partial charge in [0.15, 0.2) is 23.9 Å². The third kappa shape index (κ3) is 4.07. The zero-order chi connectivity index (χ0) is 22.8. The van der Waals surface area contributed by atoms with Crippen LogP contribution in [-0.4, -0.2) is 25.6 Å². The van der Waals surface area contributed by atoms with Gasteiger partial charge in [-0.1, -0.05) is 43.3 Å². The molecule has 5 rings (SSSR count). The minimum Gasteiger partial charge on any atom is -0.486 e. The molecule has 0 amide bonds. The standard InChI is InChI=1S/C27H22O6/c1-2-17-12-20-25(14-24(17)33-16-22(28)18-6-4-3-5-7-18)32-15-21(27(20)29)19-8-9-23-26(13-19)31-11-10-30-23/h3-9,12-15H,2,10-11,16H2,1H3. The van der Waals surface area contributed by atoms with Crippen molar-refractivity contribution < 1.29 is 23.4 Å².